The molecule has 0 bridgehead atoms. The number of rotatable bonds is 4. The highest BCUT2D eigenvalue weighted by Gasteiger charge is 2.31. The van der Waals surface area contributed by atoms with Gasteiger partial charge in [-0.2, -0.15) is 13.2 Å². The minimum Gasteiger partial charge on any atom is -0.394 e. The number of nitrogens with one attached hydrogen (secondary N) is 1. The molecule has 1 rings (SSSR count). The molecule has 2 N–H and O–H groups in total. The van der Waals surface area contributed by atoms with E-state index in [1.807, 2.05) is 0 Å². The summed E-state index contributed by atoms with van der Waals surface area (Å²) in [6.07, 6.45) is -6.09. The second-order valence-corrected chi connectivity index (χ2v) is 3.51. The Bertz CT molecular complexity index is 365. The van der Waals surface area contributed by atoms with Crippen molar-refractivity contribution in [2.45, 2.75) is 18.6 Å². The summed E-state index contributed by atoms with van der Waals surface area (Å²) >= 11 is 0. The van der Waals surface area contributed by atoms with Gasteiger partial charge in [0.15, 0.2) is 0 Å². The van der Waals surface area contributed by atoms with Gasteiger partial charge in [-0.1, -0.05) is 30.3 Å². The van der Waals surface area contributed by atoms with Crippen LogP contribution in [0.25, 0.3) is 0 Å². The largest absolute Gasteiger partial charge is 0.397 e. The molecule has 3 nitrogen and oxygen atoms in total. The number of aliphatic hydroxyl groups excluding tert-OH is 1. The zero-order valence-electron chi connectivity index (χ0n) is 8.87. The highest BCUT2D eigenvalue weighted by Crippen LogP contribution is 2.20. The van der Waals surface area contributed by atoms with E-state index in [1.165, 1.54) is 0 Å². The Morgan fingerprint density at radius 2 is 1.88 bits per heavy atom. The van der Waals surface area contributed by atoms with Gasteiger partial charge in [0.2, 0.25) is 5.91 Å². The molecule has 0 aliphatic rings. The molecular formula is C11H12F3NO2. The third-order valence-corrected chi connectivity index (χ3v) is 2.08. The van der Waals surface area contributed by atoms with Gasteiger partial charge in [-0.15, -0.1) is 0 Å². The van der Waals surface area contributed by atoms with Gasteiger partial charge in [0.25, 0.3) is 0 Å². The van der Waals surface area contributed by atoms with Crippen molar-refractivity contribution in [3.8, 4) is 0 Å². The molecule has 0 fully saturated rings. The van der Waals surface area contributed by atoms with Gasteiger partial charge < -0.3 is 10.4 Å². The van der Waals surface area contributed by atoms with E-state index in [9.17, 15) is 18.0 Å². The quantitative estimate of drug-likeness (QED) is 0.852. The Labute approximate surface area is 96.3 Å². The van der Waals surface area contributed by atoms with Crippen LogP contribution < -0.4 is 5.32 Å². The van der Waals surface area contributed by atoms with Gasteiger partial charge in [-0.25, -0.2) is 0 Å². The minimum atomic E-state index is -4.54. The van der Waals surface area contributed by atoms with Gasteiger partial charge in [-0.05, 0) is 5.56 Å². The molecule has 17 heavy (non-hydrogen) atoms. The normalized spacial score (nSPS) is 13.2. The lowest BCUT2D eigenvalue weighted by Gasteiger charge is -2.17. The van der Waals surface area contributed by atoms with Crippen LogP contribution in [0, 0.1) is 0 Å². The van der Waals surface area contributed by atoms with Gasteiger partial charge in [0.1, 0.15) is 6.42 Å². The van der Waals surface area contributed by atoms with Crippen molar-refractivity contribution in [1.29, 1.82) is 0 Å². The van der Waals surface area contributed by atoms with E-state index in [0.29, 0.717) is 5.56 Å². The highest BCUT2D eigenvalue weighted by atomic mass is 19.4. The van der Waals surface area contributed by atoms with Crippen LogP contribution >= 0.6 is 0 Å². The van der Waals surface area contributed by atoms with Gasteiger partial charge >= 0.3 is 6.18 Å². The van der Waals surface area contributed by atoms with E-state index in [0.717, 1.165) is 0 Å². The molecule has 0 aliphatic carbocycles. The Kier molecular flexibility index (Phi) is 4.51. The van der Waals surface area contributed by atoms with Gasteiger partial charge in [0, 0.05) is 0 Å². The van der Waals surface area contributed by atoms with Gasteiger partial charge in [-0.3, -0.25) is 4.79 Å². The number of amides is 1. The van der Waals surface area contributed by atoms with Crippen molar-refractivity contribution in [1.82, 2.24) is 5.32 Å². The summed E-state index contributed by atoms with van der Waals surface area (Å²) in [4.78, 5) is 11.1. The summed E-state index contributed by atoms with van der Waals surface area (Å²) in [5, 5.41) is 11.2. The molecule has 1 aromatic rings. The molecule has 1 atom stereocenters. The maximum absolute atomic E-state index is 11.9. The molecular weight excluding hydrogens is 235 g/mol. The van der Waals surface area contributed by atoms with E-state index in [-0.39, 0.29) is 0 Å². The molecule has 0 aromatic heterocycles. The molecule has 0 saturated heterocycles. The first kappa shape index (κ1) is 13.5. The van der Waals surface area contributed by atoms with Crippen molar-refractivity contribution in [2.24, 2.45) is 0 Å². The lowest BCUT2D eigenvalue weighted by molar-refractivity contribution is -0.154. The van der Waals surface area contributed by atoms with Crippen LogP contribution in [0.5, 0.6) is 0 Å². The van der Waals surface area contributed by atoms with Crippen molar-refractivity contribution in [3.63, 3.8) is 0 Å². The zero-order chi connectivity index (χ0) is 12.9. The van der Waals surface area contributed by atoms with E-state index < -0.39 is 31.2 Å². The van der Waals surface area contributed by atoms with Crippen molar-refractivity contribution < 1.29 is 23.1 Å². The number of aliphatic hydroxyl groups is 1. The first-order valence-electron chi connectivity index (χ1n) is 4.94. The van der Waals surface area contributed by atoms with Crippen molar-refractivity contribution in [2.75, 3.05) is 6.61 Å². The fraction of sp³-hybridized carbons (Fsp3) is 0.364. The summed E-state index contributed by atoms with van der Waals surface area (Å²) in [5.41, 5.74) is 0.561. The Morgan fingerprint density at radius 1 is 1.29 bits per heavy atom. The number of halogens is 3. The Hall–Kier alpha value is -1.56. The maximum atomic E-state index is 11.9. The molecule has 1 aromatic carbocycles. The summed E-state index contributed by atoms with van der Waals surface area (Å²) in [7, 11) is 0. The number of carbonyl (C=O) groups excluding carboxylic acids is 1. The third-order valence-electron chi connectivity index (χ3n) is 2.08. The van der Waals surface area contributed by atoms with Crippen LogP contribution in [0.1, 0.15) is 18.0 Å². The zero-order valence-corrected chi connectivity index (χ0v) is 8.87. The van der Waals surface area contributed by atoms with Crippen LogP contribution in [0.2, 0.25) is 0 Å². The third kappa shape index (κ3) is 4.86. The topological polar surface area (TPSA) is 49.3 Å². The molecule has 6 heteroatoms. The number of hydrogen-bond donors (Lipinski definition) is 2. The monoisotopic (exact) mass is 247 g/mol. The van der Waals surface area contributed by atoms with Crippen LogP contribution in [0.4, 0.5) is 13.2 Å². The lowest BCUT2D eigenvalue weighted by Crippen LogP contribution is -2.33. The van der Waals surface area contributed by atoms with Crippen molar-refractivity contribution in [3.05, 3.63) is 35.9 Å². The maximum Gasteiger partial charge on any atom is 0.397 e. The molecule has 0 radical (unpaired) electrons. The van der Waals surface area contributed by atoms with E-state index >= 15 is 0 Å². The van der Waals surface area contributed by atoms with Crippen LogP contribution in [-0.4, -0.2) is 23.8 Å². The SMILES string of the molecule is O=C(CC(F)(F)F)N[C@@H](CO)c1ccccc1. The smallest absolute Gasteiger partial charge is 0.394 e. The lowest BCUT2D eigenvalue weighted by atomic mass is 10.1. The predicted molar refractivity (Wildman–Crippen MR) is 55.1 cm³/mol. The number of carbonyl (C=O) groups is 1. The second-order valence-electron chi connectivity index (χ2n) is 3.51. The minimum absolute atomic E-state index is 0.451. The second kappa shape index (κ2) is 5.67. The molecule has 1 amide bonds. The fourth-order valence-corrected chi connectivity index (χ4v) is 1.35. The van der Waals surface area contributed by atoms with E-state index in [4.69, 9.17) is 5.11 Å². The Morgan fingerprint density at radius 3 is 2.35 bits per heavy atom. The average Bonchev–Trinajstić information content (AvgIpc) is 2.24. The van der Waals surface area contributed by atoms with Crippen molar-refractivity contribution >= 4 is 5.91 Å². The van der Waals surface area contributed by atoms with Crippen LogP contribution in [0.3, 0.4) is 0 Å². The average molecular weight is 247 g/mol. The molecule has 0 aliphatic heterocycles. The fourth-order valence-electron chi connectivity index (χ4n) is 1.35. The standard InChI is InChI=1S/C11H12F3NO2/c12-11(13,14)6-10(17)15-9(7-16)8-4-2-1-3-5-8/h1-5,9,16H,6-7H2,(H,15,17)/t9-/m0/s1. The molecule has 0 unspecified atom stereocenters. The number of benzene rings is 1. The summed E-state index contributed by atoms with van der Waals surface area (Å²) in [6.45, 7) is -0.451. The first-order chi connectivity index (χ1) is 7.92. The summed E-state index contributed by atoms with van der Waals surface area (Å²) in [5.74, 6) is -1.15. The molecule has 0 saturated carbocycles. The Balaban J connectivity index is 2.62. The summed E-state index contributed by atoms with van der Waals surface area (Å²) in [6, 6.07) is 7.51. The van der Waals surface area contributed by atoms with Gasteiger partial charge in [0.05, 0.1) is 12.6 Å². The molecule has 0 spiro atoms. The number of alkyl halides is 3. The van der Waals surface area contributed by atoms with Crippen LogP contribution in [-0.2, 0) is 4.79 Å². The first-order valence-corrected chi connectivity index (χ1v) is 4.94. The van der Waals surface area contributed by atoms with Crippen LogP contribution in [0.15, 0.2) is 30.3 Å². The molecule has 0 heterocycles. The molecule has 94 valence electrons. The summed E-state index contributed by atoms with van der Waals surface area (Å²) < 4.78 is 35.8. The number of hydrogen-bond acceptors (Lipinski definition) is 2. The highest BCUT2D eigenvalue weighted by molar-refractivity contribution is 5.77. The predicted octanol–water partition coefficient (Wildman–Crippen LogP) is 1.79. The van der Waals surface area contributed by atoms with E-state index in [1.54, 1.807) is 30.3 Å². The van der Waals surface area contributed by atoms with E-state index in [2.05, 4.69) is 5.32 Å².